The van der Waals surface area contributed by atoms with Crippen LogP contribution in [0, 0.1) is 17.8 Å². The molecule has 3 heterocycles. The van der Waals surface area contributed by atoms with Crippen LogP contribution in [0.2, 0.25) is 5.02 Å². The second-order valence-corrected chi connectivity index (χ2v) is 11.3. The molecule has 5 rings (SSSR count). The summed E-state index contributed by atoms with van der Waals surface area (Å²) in [6.45, 7) is 7.58. The van der Waals surface area contributed by atoms with E-state index in [4.69, 9.17) is 21.1 Å². The number of anilines is 2. The van der Waals surface area contributed by atoms with Crippen LogP contribution in [0.15, 0.2) is 48.5 Å². The molecule has 3 saturated heterocycles. The molecule has 3 N–H and O–H groups in total. The first-order chi connectivity index (χ1) is 18.6. The van der Waals surface area contributed by atoms with Gasteiger partial charge in [0.15, 0.2) is 0 Å². The summed E-state index contributed by atoms with van der Waals surface area (Å²) < 4.78 is 12.2. The van der Waals surface area contributed by atoms with Crippen LogP contribution in [0.3, 0.4) is 0 Å². The van der Waals surface area contributed by atoms with E-state index in [1.54, 1.807) is 55.5 Å². The van der Waals surface area contributed by atoms with E-state index in [2.05, 4.69) is 10.6 Å². The van der Waals surface area contributed by atoms with Gasteiger partial charge in [-0.25, -0.2) is 0 Å². The smallest absolute Gasteiger partial charge is 0.250 e. The summed E-state index contributed by atoms with van der Waals surface area (Å²) in [4.78, 5) is 43.2. The lowest BCUT2D eigenvalue weighted by molar-refractivity contribution is -0.147. The lowest BCUT2D eigenvalue weighted by Crippen LogP contribution is -2.56. The number of amides is 3. The van der Waals surface area contributed by atoms with Crippen molar-refractivity contribution in [2.24, 2.45) is 17.8 Å². The zero-order valence-corrected chi connectivity index (χ0v) is 23.2. The largest absolute Gasteiger partial charge is 0.494 e. The van der Waals surface area contributed by atoms with Gasteiger partial charge in [-0.15, -0.1) is 0 Å². The summed E-state index contributed by atoms with van der Waals surface area (Å²) in [5, 5.41) is 16.2. The Labute approximate surface area is 232 Å². The fourth-order valence-corrected chi connectivity index (χ4v) is 6.91. The summed E-state index contributed by atoms with van der Waals surface area (Å²) in [6.07, 6.45) is 0.419. The van der Waals surface area contributed by atoms with E-state index in [9.17, 15) is 19.5 Å². The van der Waals surface area contributed by atoms with Gasteiger partial charge in [-0.05, 0) is 69.5 Å². The molecule has 2 bridgehead atoms. The van der Waals surface area contributed by atoms with Crippen molar-refractivity contribution in [1.29, 1.82) is 0 Å². The van der Waals surface area contributed by atoms with Crippen LogP contribution < -0.4 is 15.4 Å². The number of ether oxygens (including phenoxy) is 2. The Balaban J connectivity index is 1.51. The van der Waals surface area contributed by atoms with E-state index >= 15 is 0 Å². The summed E-state index contributed by atoms with van der Waals surface area (Å²) in [7, 11) is 0. The van der Waals surface area contributed by atoms with Gasteiger partial charge in [0.25, 0.3) is 0 Å². The Kier molecular flexibility index (Phi) is 7.11. The number of carbonyl (C=O) groups excluding carboxylic acids is 3. The van der Waals surface area contributed by atoms with E-state index in [1.165, 1.54) is 4.90 Å². The maximum absolute atomic E-state index is 14.1. The minimum atomic E-state index is -1.24. The second-order valence-electron chi connectivity index (χ2n) is 10.9. The van der Waals surface area contributed by atoms with Gasteiger partial charge in [-0.3, -0.25) is 14.4 Å². The number of para-hydroxylation sites is 1. The maximum atomic E-state index is 14.1. The van der Waals surface area contributed by atoms with Gasteiger partial charge >= 0.3 is 0 Å². The molecule has 7 atom stereocenters. The number of fused-ring (bicyclic) bond motifs is 1. The van der Waals surface area contributed by atoms with Crippen molar-refractivity contribution >= 4 is 40.7 Å². The predicted octanol–water partition coefficient (Wildman–Crippen LogP) is 3.71. The Morgan fingerprint density at radius 3 is 2.51 bits per heavy atom. The summed E-state index contributed by atoms with van der Waals surface area (Å²) in [5.41, 5.74) is -1.23. The molecular weight excluding hydrogens is 522 g/mol. The molecule has 2 aromatic carbocycles. The number of aliphatic hydroxyl groups excluding tert-OH is 1. The van der Waals surface area contributed by atoms with Crippen LogP contribution in [0.4, 0.5) is 11.4 Å². The lowest BCUT2D eigenvalue weighted by atomic mass is 9.62. The van der Waals surface area contributed by atoms with Crippen LogP contribution in [0.5, 0.6) is 5.75 Å². The molecule has 0 radical (unpaired) electrons. The molecule has 3 amide bonds. The number of nitrogens with one attached hydrogen (secondary N) is 2. The lowest BCUT2D eigenvalue weighted by Gasteiger charge is -2.36. The van der Waals surface area contributed by atoms with E-state index < -0.39 is 41.0 Å². The van der Waals surface area contributed by atoms with Gasteiger partial charge in [0.2, 0.25) is 17.7 Å². The Morgan fingerprint density at radius 2 is 1.87 bits per heavy atom. The molecule has 3 aliphatic heterocycles. The van der Waals surface area contributed by atoms with Crippen molar-refractivity contribution in [3.8, 4) is 5.75 Å². The highest BCUT2D eigenvalue weighted by Gasteiger charge is 2.80. The number of rotatable bonds is 8. The quantitative estimate of drug-likeness (QED) is 0.457. The molecule has 3 unspecified atom stereocenters. The monoisotopic (exact) mass is 555 g/mol. The summed E-state index contributed by atoms with van der Waals surface area (Å²) in [6, 6.07) is 12.1. The fourth-order valence-electron chi connectivity index (χ4n) is 6.72. The van der Waals surface area contributed by atoms with E-state index in [1.807, 2.05) is 20.8 Å². The van der Waals surface area contributed by atoms with Crippen molar-refractivity contribution in [2.45, 2.75) is 57.4 Å². The van der Waals surface area contributed by atoms with Gasteiger partial charge in [0, 0.05) is 5.69 Å². The number of nitrogens with zero attached hydrogens (tertiary/aromatic N) is 1. The van der Waals surface area contributed by atoms with E-state index in [0.717, 1.165) is 0 Å². The molecule has 0 saturated carbocycles. The minimum Gasteiger partial charge on any atom is -0.494 e. The van der Waals surface area contributed by atoms with Gasteiger partial charge in [0.1, 0.15) is 17.4 Å². The topological polar surface area (TPSA) is 117 Å². The van der Waals surface area contributed by atoms with Gasteiger partial charge in [-0.1, -0.05) is 30.7 Å². The average molecular weight is 556 g/mol. The molecule has 0 aromatic heterocycles. The van der Waals surface area contributed by atoms with Crippen LogP contribution in [-0.4, -0.2) is 64.2 Å². The fraction of sp³-hybridized carbons (Fsp3) is 0.483. The van der Waals surface area contributed by atoms with E-state index in [-0.39, 0.29) is 24.3 Å². The van der Waals surface area contributed by atoms with Crippen molar-refractivity contribution in [3.63, 3.8) is 0 Å². The summed E-state index contributed by atoms with van der Waals surface area (Å²) in [5.74, 6) is -2.36. The van der Waals surface area contributed by atoms with Crippen LogP contribution >= 0.6 is 11.6 Å². The highest BCUT2D eigenvalue weighted by Crippen LogP contribution is 2.65. The Morgan fingerprint density at radius 1 is 1.18 bits per heavy atom. The molecule has 3 fully saturated rings. The standard InChI is InChI=1S/C29H34ClN3O6/c1-5-38-19-12-10-18(11-13-19)31-25(35)22-23-27(37)33(17(3)15-34)24(29(23)14-16(2)28(22,4)39-29)26(36)32-21-9-7-6-8-20(21)30/h6-13,16-17,22-24,34H,5,14-15H2,1-4H3,(H,31,35)(H,32,36)/t16?,17-,22-,23+,24?,28+,29?/m1/s1. The predicted molar refractivity (Wildman–Crippen MR) is 146 cm³/mol. The molecule has 3 aliphatic rings. The van der Waals surface area contributed by atoms with Gasteiger partial charge in [0.05, 0.1) is 47.4 Å². The number of hydrogen-bond donors (Lipinski definition) is 3. The van der Waals surface area contributed by atoms with Gasteiger partial charge in [-0.2, -0.15) is 0 Å². The molecule has 2 aromatic rings. The number of benzene rings is 2. The average Bonchev–Trinajstić information content (AvgIpc) is 3.42. The molecular formula is C29H34ClN3O6. The zero-order valence-electron chi connectivity index (χ0n) is 22.4. The first kappa shape index (κ1) is 27.4. The van der Waals surface area contributed by atoms with Gasteiger partial charge < -0.3 is 30.1 Å². The Hall–Kier alpha value is -3.14. The van der Waals surface area contributed by atoms with Crippen molar-refractivity contribution in [3.05, 3.63) is 53.6 Å². The normalized spacial score (nSPS) is 31.6. The number of aliphatic hydroxyl groups is 1. The molecule has 1 spiro atoms. The highest BCUT2D eigenvalue weighted by atomic mass is 35.5. The van der Waals surface area contributed by atoms with E-state index in [0.29, 0.717) is 35.2 Å². The summed E-state index contributed by atoms with van der Waals surface area (Å²) >= 11 is 6.30. The van der Waals surface area contributed by atoms with Crippen LogP contribution in [0.1, 0.15) is 34.1 Å². The highest BCUT2D eigenvalue weighted by molar-refractivity contribution is 6.33. The number of hydrogen-bond acceptors (Lipinski definition) is 6. The molecule has 39 heavy (non-hydrogen) atoms. The first-order valence-electron chi connectivity index (χ1n) is 13.3. The molecule has 9 nitrogen and oxygen atoms in total. The zero-order chi connectivity index (χ0) is 28.1. The van der Waals surface area contributed by atoms with Crippen LogP contribution in [0.25, 0.3) is 0 Å². The first-order valence-corrected chi connectivity index (χ1v) is 13.7. The third kappa shape index (κ3) is 4.27. The number of likely N-dealkylation sites (tertiary alicyclic amines) is 1. The molecule has 10 heteroatoms. The van der Waals surface area contributed by atoms with Crippen molar-refractivity contribution < 1.29 is 29.0 Å². The SMILES string of the molecule is CCOc1ccc(NC(=O)[C@H]2[C@H]3C(=O)N([C@H](C)CO)C(C(=O)Nc4ccccc4Cl)C34CC(C)[C@]2(C)O4)cc1. The number of carbonyl (C=O) groups is 3. The van der Waals surface area contributed by atoms with Crippen molar-refractivity contribution in [1.82, 2.24) is 4.90 Å². The van der Waals surface area contributed by atoms with Crippen LogP contribution in [-0.2, 0) is 19.1 Å². The Bertz CT molecular complexity index is 1290. The second kappa shape index (κ2) is 10.1. The number of halogens is 1. The maximum Gasteiger partial charge on any atom is 0.250 e. The third-order valence-corrected chi connectivity index (χ3v) is 8.92. The minimum absolute atomic E-state index is 0.113. The van der Waals surface area contributed by atoms with Crippen molar-refractivity contribution in [2.75, 3.05) is 23.8 Å². The molecule has 0 aliphatic carbocycles. The third-order valence-electron chi connectivity index (χ3n) is 8.59. The molecule has 208 valence electrons.